The number of likely N-dealkylation sites (tertiary alicyclic amines) is 1. The van der Waals surface area contributed by atoms with E-state index in [2.05, 4.69) is 50.4 Å². The molecular weight excluding hydrogens is 368 g/mol. The van der Waals surface area contributed by atoms with Crippen molar-refractivity contribution in [1.82, 2.24) is 9.80 Å². The Morgan fingerprint density at radius 3 is 2.29 bits per heavy atom. The number of hydrogen-bond donors (Lipinski definition) is 0. The Morgan fingerprint density at radius 1 is 1.14 bits per heavy atom. The molecule has 1 aliphatic rings. The first-order valence-corrected chi connectivity index (χ1v) is 10.1. The first kappa shape index (κ1) is 20.5. The number of amides is 1. The Kier molecular flexibility index (Phi) is 5.85. The van der Waals surface area contributed by atoms with Gasteiger partial charge in [-0.2, -0.15) is 0 Å². The molecule has 0 saturated carbocycles. The molecule has 2 aromatic carbocycles. The van der Waals surface area contributed by atoms with Gasteiger partial charge in [0.2, 0.25) is 5.91 Å². The van der Waals surface area contributed by atoms with Crippen LogP contribution in [0.1, 0.15) is 35.6 Å². The van der Waals surface area contributed by atoms with Crippen LogP contribution in [0.4, 0.5) is 0 Å². The van der Waals surface area contributed by atoms with Gasteiger partial charge < -0.3 is 9.80 Å². The minimum absolute atomic E-state index is 0.166. The number of halogens is 1. The number of hydrogen-bond acceptors (Lipinski definition) is 2. The zero-order chi connectivity index (χ0) is 20.5. The molecule has 0 aliphatic carbocycles. The van der Waals surface area contributed by atoms with Crippen molar-refractivity contribution < 1.29 is 4.79 Å². The third kappa shape index (κ3) is 4.25. The van der Waals surface area contributed by atoms with Crippen LogP contribution in [0.15, 0.2) is 54.7 Å². The molecule has 0 aromatic heterocycles. The maximum Gasteiger partial charge on any atom is 0.227 e. The van der Waals surface area contributed by atoms with E-state index in [1.165, 1.54) is 16.7 Å². The van der Waals surface area contributed by atoms with Crippen LogP contribution in [0.5, 0.6) is 0 Å². The van der Waals surface area contributed by atoms with Crippen molar-refractivity contribution in [3.05, 3.63) is 82.0 Å². The van der Waals surface area contributed by atoms with Crippen LogP contribution < -0.4 is 0 Å². The zero-order valence-electron chi connectivity index (χ0n) is 17.3. The summed E-state index contributed by atoms with van der Waals surface area (Å²) in [5.41, 5.74) is 5.29. The third-order valence-electron chi connectivity index (χ3n) is 5.77. The number of nitrogens with zero attached hydrogens (tertiary/aromatic N) is 2. The van der Waals surface area contributed by atoms with Crippen molar-refractivity contribution in [3.8, 4) is 0 Å². The summed E-state index contributed by atoms with van der Waals surface area (Å²) in [4.78, 5) is 17.1. The van der Waals surface area contributed by atoms with Gasteiger partial charge in [-0.25, -0.2) is 0 Å². The van der Waals surface area contributed by atoms with Crippen LogP contribution in [-0.2, 0) is 17.8 Å². The third-order valence-corrected chi connectivity index (χ3v) is 6.02. The molecular formula is C24H29ClN2O. The summed E-state index contributed by atoms with van der Waals surface area (Å²) in [7, 11) is 2.03. The van der Waals surface area contributed by atoms with Gasteiger partial charge in [0.05, 0.1) is 12.0 Å². The van der Waals surface area contributed by atoms with Gasteiger partial charge in [0, 0.05) is 30.9 Å². The molecule has 28 heavy (non-hydrogen) atoms. The maximum atomic E-state index is 13.0. The fourth-order valence-electron chi connectivity index (χ4n) is 4.07. The van der Waals surface area contributed by atoms with Crippen molar-refractivity contribution >= 4 is 17.5 Å². The van der Waals surface area contributed by atoms with E-state index < -0.39 is 0 Å². The Labute approximate surface area is 173 Å². The molecule has 2 aromatic rings. The Morgan fingerprint density at radius 2 is 1.75 bits per heavy atom. The topological polar surface area (TPSA) is 23.6 Å². The minimum atomic E-state index is -0.322. The van der Waals surface area contributed by atoms with Gasteiger partial charge in [-0.1, -0.05) is 59.6 Å². The van der Waals surface area contributed by atoms with Gasteiger partial charge in [0.15, 0.2) is 0 Å². The highest BCUT2D eigenvalue weighted by Gasteiger charge is 2.46. The Bertz CT molecular complexity index is 870. The molecule has 4 heteroatoms. The number of rotatable bonds is 6. The summed E-state index contributed by atoms with van der Waals surface area (Å²) in [5.74, 6) is 0.166. The van der Waals surface area contributed by atoms with Crippen LogP contribution in [0.2, 0.25) is 5.02 Å². The molecule has 3 rings (SSSR count). The Hall–Kier alpha value is -2.26. The fraction of sp³-hybridized carbons (Fsp3) is 0.375. The largest absolute Gasteiger partial charge is 0.372 e. The number of carbonyl (C=O) groups is 1. The first-order chi connectivity index (χ1) is 13.2. The van der Waals surface area contributed by atoms with E-state index in [9.17, 15) is 4.79 Å². The molecule has 0 bridgehead atoms. The molecule has 1 aliphatic heterocycles. The number of likely N-dealkylation sites (N-methyl/N-ethyl adjacent to an activating group) is 1. The second kappa shape index (κ2) is 8.00. The van der Waals surface area contributed by atoms with Crippen LogP contribution >= 0.6 is 11.6 Å². The molecule has 1 heterocycles. The van der Waals surface area contributed by atoms with E-state index >= 15 is 0 Å². The van der Waals surface area contributed by atoms with Gasteiger partial charge in [-0.05, 0) is 50.5 Å². The molecule has 1 fully saturated rings. The molecule has 1 unspecified atom stereocenters. The fourth-order valence-corrected chi connectivity index (χ4v) is 4.20. The smallest absolute Gasteiger partial charge is 0.227 e. The molecule has 1 amide bonds. The van der Waals surface area contributed by atoms with E-state index in [-0.39, 0.29) is 11.4 Å². The molecule has 1 atom stereocenters. The molecule has 148 valence electrons. The number of aryl methyl sites for hydroxylation is 2. The summed E-state index contributed by atoms with van der Waals surface area (Å²) in [5, 5.41) is 0.736. The predicted octanol–water partition coefficient (Wildman–Crippen LogP) is 5.14. The predicted molar refractivity (Wildman–Crippen MR) is 116 cm³/mol. The molecule has 0 spiro atoms. The van der Waals surface area contributed by atoms with Gasteiger partial charge >= 0.3 is 0 Å². The van der Waals surface area contributed by atoms with Crippen LogP contribution in [0.25, 0.3) is 0 Å². The van der Waals surface area contributed by atoms with Crippen LogP contribution in [0.3, 0.4) is 0 Å². The SMILES string of the molecule is C=C(N(C)Cc1ccc(Cl)cc1)C1(C)CCN1C(=O)Cc1cc(C)cc(C)c1. The highest BCUT2D eigenvalue weighted by molar-refractivity contribution is 6.30. The first-order valence-electron chi connectivity index (χ1n) is 9.71. The lowest BCUT2D eigenvalue weighted by Crippen LogP contribution is -2.63. The van der Waals surface area contributed by atoms with Crippen LogP contribution in [-0.4, -0.2) is 34.8 Å². The highest BCUT2D eigenvalue weighted by Crippen LogP contribution is 2.38. The van der Waals surface area contributed by atoms with E-state index in [1.807, 2.05) is 36.2 Å². The van der Waals surface area contributed by atoms with Gasteiger partial charge in [0.25, 0.3) is 0 Å². The summed E-state index contributed by atoms with van der Waals surface area (Å²) in [6, 6.07) is 14.2. The van der Waals surface area contributed by atoms with Gasteiger partial charge in [-0.15, -0.1) is 0 Å². The zero-order valence-corrected chi connectivity index (χ0v) is 18.0. The highest BCUT2D eigenvalue weighted by atomic mass is 35.5. The average molecular weight is 397 g/mol. The maximum absolute atomic E-state index is 13.0. The lowest BCUT2D eigenvalue weighted by Gasteiger charge is -2.53. The van der Waals surface area contributed by atoms with Crippen molar-refractivity contribution in [3.63, 3.8) is 0 Å². The molecule has 1 saturated heterocycles. The van der Waals surface area contributed by atoms with Crippen molar-refractivity contribution in [2.24, 2.45) is 0 Å². The van der Waals surface area contributed by atoms with Crippen molar-refractivity contribution in [2.45, 2.75) is 45.7 Å². The monoisotopic (exact) mass is 396 g/mol. The lowest BCUT2D eigenvalue weighted by molar-refractivity contribution is -0.143. The molecule has 0 radical (unpaired) electrons. The second-order valence-corrected chi connectivity index (χ2v) is 8.61. The van der Waals surface area contributed by atoms with Gasteiger partial charge in [0.1, 0.15) is 0 Å². The van der Waals surface area contributed by atoms with Gasteiger partial charge in [-0.3, -0.25) is 4.79 Å². The summed E-state index contributed by atoms with van der Waals surface area (Å²) in [6.45, 7) is 12.1. The van der Waals surface area contributed by atoms with E-state index in [0.29, 0.717) is 6.42 Å². The molecule has 3 nitrogen and oxygen atoms in total. The lowest BCUT2D eigenvalue weighted by atomic mass is 9.82. The van der Waals surface area contributed by atoms with Crippen LogP contribution in [0, 0.1) is 13.8 Å². The summed E-state index contributed by atoms with van der Waals surface area (Å²) >= 11 is 5.98. The summed E-state index contributed by atoms with van der Waals surface area (Å²) in [6.07, 6.45) is 1.38. The number of carbonyl (C=O) groups excluding carboxylic acids is 1. The normalized spacial score (nSPS) is 18.5. The molecule has 0 N–H and O–H groups in total. The number of benzene rings is 2. The Balaban J connectivity index is 1.67. The minimum Gasteiger partial charge on any atom is -0.372 e. The second-order valence-electron chi connectivity index (χ2n) is 8.17. The average Bonchev–Trinajstić information content (AvgIpc) is 2.60. The standard InChI is InChI=1S/C24H29ClN2O/c1-17-12-18(2)14-21(13-17)15-23(28)27-11-10-24(27,4)19(3)26(5)16-20-6-8-22(25)9-7-20/h6-9,12-14H,3,10-11,15-16H2,1-2,4-5H3. The van der Waals surface area contributed by atoms with E-state index in [4.69, 9.17) is 11.6 Å². The van der Waals surface area contributed by atoms with Crippen molar-refractivity contribution in [2.75, 3.05) is 13.6 Å². The summed E-state index contributed by atoms with van der Waals surface area (Å²) < 4.78 is 0. The van der Waals surface area contributed by atoms with E-state index in [0.717, 1.165) is 35.8 Å². The quantitative estimate of drug-likeness (QED) is 0.675. The van der Waals surface area contributed by atoms with E-state index in [1.54, 1.807) is 0 Å². The van der Waals surface area contributed by atoms with Crippen molar-refractivity contribution in [1.29, 1.82) is 0 Å².